The lowest BCUT2D eigenvalue weighted by molar-refractivity contribution is 0.102. The number of rotatable bonds is 7. The summed E-state index contributed by atoms with van der Waals surface area (Å²) < 4.78 is 60.3. The molecule has 34 heavy (non-hydrogen) atoms. The first-order chi connectivity index (χ1) is 16.3. The largest absolute Gasteiger partial charge is 0.455 e. The Kier molecular flexibility index (Phi) is 6.55. The summed E-state index contributed by atoms with van der Waals surface area (Å²) in [6.45, 7) is 0. The molecule has 4 aromatic carbocycles. The van der Waals surface area contributed by atoms with Crippen LogP contribution in [0.15, 0.2) is 102 Å². The first kappa shape index (κ1) is 22.9. The molecule has 2 N–H and O–H groups in total. The average molecular weight is 480 g/mol. The van der Waals surface area contributed by atoms with E-state index in [4.69, 9.17) is 4.74 Å². The van der Waals surface area contributed by atoms with E-state index in [1.807, 2.05) is 18.2 Å². The highest BCUT2D eigenvalue weighted by Gasteiger charge is 2.21. The molecule has 9 heteroatoms. The highest BCUT2D eigenvalue weighted by molar-refractivity contribution is 7.92. The van der Waals surface area contributed by atoms with Crippen molar-refractivity contribution in [3.8, 4) is 11.5 Å². The van der Waals surface area contributed by atoms with Crippen LogP contribution in [0.25, 0.3) is 0 Å². The number of ether oxygens (including phenoxy) is 1. The van der Waals surface area contributed by atoms with Crippen molar-refractivity contribution in [3.05, 3.63) is 114 Å². The zero-order valence-electron chi connectivity index (χ0n) is 17.5. The lowest BCUT2D eigenvalue weighted by atomic mass is 10.1. The first-order valence-electron chi connectivity index (χ1n) is 10.0. The predicted octanol–water partition coefficient (Wildman–Crippen LogP) is 5.81. The fraction of sp³-hybridized carbons (Fsp3) is 0. The summed E-state index contributed by atoms with van der Waals surface area (Å²) in [5.74, 6) is -2.11. The number of para-hydroxylation sites is 4. The van der Waals surface area contributed by atoms with Gasteiger partial charge in [-0.05, 0) is 54.6 Å². The molecule has 0 aliphatic heterocycles. The van der Waals surface area contributed by atoms with Gasteiger partial charge in [0.1, 0.15) is 5.75 Å². The van der Waals surface area contributed by atoms with Crippen molar-refractivity contribution in [3.63, 3.8) is 0 Å². The molecule has 0 aromatic heterocycles. The molecule has 0 spiro atoms. The minimum Gasteiger partial charge on any atom is -0.455 e. The Balaban J connectivity index is 1.59. The zero-order valence-corrected chi connectivity index (χ0v) is 18.4. The number of hydrogen-bond donors (Lipinski definition) is 2. The van der Waals surface area contributed by atoms with Crippen LogP contribution in [-0.2, 0) is 10.0 Å². The molecule has 0 aliphatic rings. The number of nitrogens with one attached hydrogen (secondary N) is 2. The molecule has 172 valence electrons. The molecule has 0 aliphatic carbocycles. The van der Waals surface area contributed by atoms with Crippen LogP contribution < -0.4 is 14.8 Å². The number of amides is 1. The number of hydrogen-bond acceptors (Lipinski definition) is 4. The summed E-state index contributed by atoms with van der Waals surface area (Å²) in [7, 11) is -4.29. The highest BCUT2D eigenvalue weighted by atomic mass is 32.2. The fourth-order valence-electron chi connectivity index (χ4n) is 3.08. The van der Waals surface area contributed by atoms with E-state index in [-0.39, 0.29) is 11.3 Å². The van der Waals surface area contributed by atoms with Gasteiger partial charge in [0.15, 0.2) is 17.4 Å². The van der Waals surface area contributed by atoms with Gasteiger partial charge >= 0.3 is 0 Å². The third-order valence-electron chi connectivity index (χ3n) is 4.72. The van der Waals surface area contributed by atoms with Crippen molar-refractivity contribution in [2.24, 2.45) is 0 Å². The van der Waals surface area contributed by atoms with E-state index in [0.717, 1.165) is 6.07 Å². The van der Waals surface area contributed by atoms with Gasteiger partial charge in [0.2, 0.25) is 0 Å². The Morgan fingerprint density at radius 1 is 0.735 bits per heavy atom. The predicted molar refractivity (Wildman–Crippen MR) is 125 cm³/mol. The molecule has 0 saturated heterocycles. The van der Waals surface area contributed by atoms with Crippen LogP contribution >= 0.6 is 0 Å². The number of carbonyl (C=O) groups is 1. The average Bonchev–Trinajstić information content (AvgIpc) is 2.83. The van der Waals surface area contributed by atoms with E-state index < -0.39 is 32.5 Å². The summed E-state index contributed by atoms with van der Waals surface area (Å²) in [5, 5.41) is 2.72. The quantitative estimate of drug-likeness (QED) is 0.350. The maximum Gasteiger partial charge on any atom is 0.262 e. The topological polar surface area (TPSA) is 84.5 Å². The molecule has 0 saturated carbocycles. The number of sulfonamides is 1. The highest BCUT2D eigenvalue weighted by Crippen LogP contribution is 2.30. The van der Waals surface area contributed by atoms with Crippen molar-refractivity contribution < 1.29 is 26.7 Å². The van der Waals surface area contributed by atoms with Gasteiger partial charge in [0.05, 0.1) is 21.8 Å². The van der Waals surface area contributed by atoms with Gasteiger partial charge in [0, 0.05) is 0 Å². The van der Waals surface area contributed by atoms with E-state index in [2.05, 4.69) is 10.0 Å². The van der Waals surface area contributed by atoms with E-state index in [0.29, 0.717) is 29.3 Å². The summed E-state index contributed by atoms with van der Waals surface area (Å²) >= 11 is 0. The molecule has 4 rings (SSSR count). The van der Waals surface area contributed by atoms with Crippen LogP contribution in [0.1, 0.15) is 10.4 Å². The Morgan fingerprint density at radius 3 is 2.12 bits per heavy atom. The van der Waals surface area contributed by atoms with Crippen LogP contribution in [0.2, 0.25) is 0 Å². The molecule has 1 amide bonds. The summed E-state index contributed by atoms with van der Waals surface area (Å²) in [6.07, 6.45) is 0. The second-order valence-electron chi connectivity index (χ2n) is 7.09. The summed E-state index contributed by atoms with van der Waals surface area (Å²) in [5.41, 5.74) is 0.351. The SMILES string of the molecule is O=C(Nc1ccccc1Oc1ccccc1)c1ccccc1NS(=O)(=O)c1ccc(F)c(F)c1. The maximum absolute atomic E-state index is 13.5. The maximum atomic E-state index is 13.5. The van der Waals surface area contributed by atoms with Gasteiger partial charge in [-0.15, -0.1) is 0 Å². The van der Waals surface area contributed by atoms with Gasteiger partial charge in [0.25, 0.3) is 15.9 Å². The minimum atomic E-state index is -4.29. The van der Waals surface area contributed by atoms with Gasteiger partial charge < -0.3 is 10.1 Å². The number of halogens is 2. The summed E-state index contributed by atoms with van der Waals surface area (Å²) in [4.78, 5) is 12.6. The summed E-state index contributed by atoms with van der Waals surface area (Å²) in [6, 6.07) is 23.9. The molecule has 0 bridgehead atoms. The van der Waals surface area contributed by atoms with Crippen molar-refractivity contribution in [1.29, 1.82) is 0 Å². The molecule has 0 unspecified atom stereocenters. The smallest absolute Gasteiger partial charge is 0.262 e. The van der Waals surface area contributed by atoms with Crippen molar-refractivity contribution in [2.45, 2.75) is 4.90 Å². The van der Waals surface area contributed by atoms with Crippen molar-refractivity contribution in [2.75, 3.05) is 10.0 Å². The number of anilines is 2. The lowest BCUT2D eigenvalue weighted by Crippen LogP contribution is -2.19. The second-order valence-corrected chi connectivity index (χ2v) is 8.77. The molecular weight excluding hydrogens is 462 g/mol. The molecule has 0 fully saturated rings. The van der Waals surface area contributed by atoms with E-state index >= 15 is 0 Å². The fourth-order valence-corrected chi connectivity index (χ4v) is 4.17. The third kappa shape index (κ3) is 5.21. The van der Waals surface area contributed by atoms with Crippen LogP contribution in [-0.4, -0.2) is 14.3 Å². The molecular formula is C25H18F2N2O4S. The molecule has 0 heterocycles. The van der Waals surface area contributed by atoms with Gasteiger partial charge in [-0.1, -0.05) is 42.5 Å². The first-order valence-corrected chi connectivity index (χ1v) is 11.5. The van der Waals surface area contributed by atoms with E-state index in [1.54, 1.807) is 42.5 Å². The van der Waals surface area contributed by atoms with Crippen LogP contribution in [0.3, 0.4) is 0 Å². The minimum absolute atomic E-state index is 0.0168. The van der Waals surface area contributed by atoms with Crippen LogP contribution in [0, 0.1) is 11.6 Å². The molecule has 0 radical (unpaired) electrons. The Labute approximate surface area is 194 Å². The van der Waals surface area contributed by atoms with Gasteiger partial charge in [-0.3, -0.25) is 9.52 Å². The Hall–Kier alpha value is -4.24. The van der Waals surface area contributed by atoms with Crippen LogP contribution in [0.4, 0.5) is 20.2 Å². The third-order valence-corrected chi connectivity index (χ3v) is 6.09. The van der Waals surface area contributed by atoms with E-state index in [9.17, 15) is 22.0 Å². The van der Waals surface area contributed by atoms with Crippen molar-refractivity contribution >= 4 is 27.3 Å². The van der Waals surface area contributed by atoms with Crippen molar-refractivity contribution in [1.82, 2.24) is 0 Å². The second kappa shape index (κ2) is 9.72. The molecule has 4 aromatic rings. The number of benzene rings is 4. The van der Waals surface area contributed by atoms with E-state index in [1.165, 1.54) is 18.2 Å². The Morgan fingerprint density at radius 2 is 1.38 bits per heavy atom. The lowest BCUT2D eigenvalue weighted by Gasteiger charge is -2.15. The van der Waals surface area contributed by atoms with Gasteiger partial charge in [-0.2, -0.15) is 0 Å². The monoisotopic (exact) mass is 480 g/mol. The zero-order chi connectivity index (χ0) is 24.1. The molecule has 6 nitrogen and oxygen atoms in total. The van der Waals surface area contributed by atoms with Gasteiger partial charge in [-0.25, -0.2) is 17.2 Å². The standard InChI is InChI=1S/C25H18F2N2O4S/c26-20-15-14-18(16-21(20)27)34(31,32)29-22-11-5-4-10-19(22)25(30)28-23-12-6-7-13-24(23)33-17-8-2-1-3-9-17/h1-16,29H,(H,28,30). The normalized spacial score (nSPS) is 11.0. The number of carbonyl (C=O) groups excluding carboxylic acids is 1. The Bertz CT molecular complexity index is 1440. The molecule has 0 atom stereocenters. The van der Waals surface area contributed by atoms with Crippen LogP contribution in [0.5, 0.6) is 11.5 Å².